The minimum atomic E-state index is -3.45. The normalized spacial score (nSPS) is 12.1. The highest BCUT2D eigenvalue weighted by molar-refractivity contribution is 7.91. The number of hydrogen-bond donors (Lipinski definition) is 0. The second-order valence-electron chi connectivity index (χ2n) is 2.69. The third-order valence-corrected chi connectivity index (χ3v) is 4.52. The molecule has 5 nitrogen and oxygen atoms in total. The predicted octanol–water partition coefficient (Wildman–Crippen LogP) is 1.10. The summed E-state index contributed by atoms with van der Waals surface area (Å²) in [5, 5.41) is -0.0330. The molecule has 0 unspecified atom stereocenters. The van der Waals surface area contributed by atoms with Crippen molar-refractivity contribution in [1.29, 1.82) is 0 Å². The first kappa shape index (κ1) is 10.7. The topological polar surface area (TPSA) is 72.8 Å². The van der Waals surface area contributed by atoms with E-state index in [0.717, 1.165) is 0 Å². The van der Waals surface area contributed by atoms with Crippen LogP contribution in [-0.2, 0) is 9.84 Å². The van der Waals surface area contributed by atoms with Crippen LogP contribution in [0, 0.1) is 0 Å². The fourth-order valence-corrected chi connectivity index (χ4v) is 3.45. The number of halogens is 1. The van der Waals surface area contributed by atoms with Gasteiger partial charge in [-0.25, -0.2) is 23.4 Å². The number of nitrogens with zero attached hydrogens (tertiary/aromatic N) is 3. The lowest BCUT2D eigenvalue weighted by Gasteiger charge is -2.00. The number of aromatic nitrogens is 3. The third-order valence-electron chi connectivity index (χ3n) is 1.74. The van der Waals surface area contributed by atoms with Gasteiger partial charge in [-0.05, 0) is 0 Å². The van der Waals surface area contributed by atoms with Crippen LogP contribution in [0.4, 0.5) is 0 Å². The van der Waals surface area contributed by atoms with Gasteiger partial charge >= 0.3 is 0 Å². The zero-order valence-electron chi connectivity index (χ0n) is 7.42. The Hall–Kier alpha value is -0.790. The van der Waals surface area contributed by atoms with Crippen molar-refractivity contribution in [2.45, 2.75) is 5.03 Å². The van der Waals surface area contributed by atoms with Gasteiger partial charge in [0.15, 0.2) is 14.9 Å². The standard InChI is InChI=1S/C7H6ClN3O2S2/c8-1-2-15(12,13)7-5-6(9-3-10-7)14-4-11-5/h3-4H,1-2H2. The van der Waals surface area contributed by atoms with E-state index in [4.69, 9.17) is 11.6 Å². The molecule has 0 aromatic carbocycles. The van der Waals surface area contributed by atoms with Crippen LogP contribution < -0.4 is 0 Å². The predicted molar refractivity (Wildman–Crippen MR) is 58.0 cm³/mol. The van der Waals surface area contributed by atoms with Gasteiger partial charge in [-0.3, -0.25) is 0 Å². The van der Waals surface area contributed by atoms with E-state index in [-0.39, 0.29) is 16.7 Å². The molecule has 0 amide bonds. The molecule has 0 bridgehead atoms. The number of alkyl halides is 1. The number of rotatable bonds is 3. The molecule has 80 valence electrons. The van der Waals surface area contributed by atoms with Crippen molar-refractivity contribution in [2.75, 3.05) is 11.6 Å². The van der Waals surface area contributed by atoms with Crippen LogP contribution in [0.5, 0.6) is 0 Å². The van der Waals surface area contributed by atoms with E-state index < -0.39 is 9.84 Å². The van der Waals surface area contributed by atoms with Gasteiger partial charge in [-0.15, -0.1) is 22.9 Å². The average Bonchev–Trinajstić information content (AvgIpc) is 2.64. The molecule has 0 aliphatic carbocycles. The van der Waals surface area contributed by atoms with Gasteiger partial charge in [0.25, 0.3) is 0 Å². The van der Waals surface area contributed by atoms with E-state index in [2.05, 4.69) is 15.0 Å². The van der Waals surface area contributed by atoms with Crippen molar-refractivity contribution in [3.05, 3.63) is 11.8 Å². The molecule has 8 heteroatoms. The molecule has 0 saturated carbocycles. The highest BCUT2D eigenvalue weighted by atomic mass is 35.5. The summed E-state index contributed by atoms with van der Waals surface area (Å²) in [6, 6.07) is 0. The van der Waals surface area contributed by atoms with E-state index in [9.17, 15) is 8.42 Å². The highest BCUT2D eigenvalue weighted by Crippen LogP contribution is 2.21. The van der Waals surface area contributed by atoms with E-state index in [1.54, 1.807) is 5.51 Å². The van der Waals surface area contributed by atoms with Crippen molar-refractivity contribution in [3.63, 3.8) is 0 Å². The number of fused-ring (bicyclic) bond motifs is 1. The molecule has 2 aromatic rings. The summed E-state index contributed by atoms with van der Waals surface area (Å²) in [6.45, 7) is 0. The molecule has 0 atom stereocenters. The fraction of sp³-hybridized carbons (Fsp3) is 0.286. The second kappa shape index (κ2) is 3.99. The zero-order valence-corrected chi connectivity index (χ0v) is 9.81. The molecular weight excluding hydrogens is 258 g/mol. The summed E-state index contributed by atoms with van der Waals surface area (Å²) in [5.74, 6) is -0.101. The molecule has 0 fully saturated rings. The van der Waals surface area contributed by atoms with Crippen LogP contribution >= 0.6 is 22.9 Å². The molecular formula is C7H6ClN3O2S2. The van der Waals surface area contributed by atoms with Gasteiger partial charge in [0.1, 0.15) is 16.7 Å². The molecule has 2 rings (SSSR count). The summed E-state index contributed by atoms with van der Waals surface area (Å²) in [7, 11) is -3.45. The summed E-state index contributed by atoms with van der Waals surface area (Å²) in [4.78, 5) is 12.2. The smallest absolute Gasteiger partial charge is 0.199 e. The average molecular weight is 264 g/mol. The van der Waals surface area contributed by atoms with Crippen LogP contribution in [0.1, 0.15) is 0 Å². The van der Waals surface area contributed by atoms with E-state index in [1.807, 2.05) is 0 Å². The van der Waals surface area contributed by atoms with Crippen molar-refractivity contribution >= 4 is 43.1 Å². The second-order valence-corrected chi connectivity index (χ2v) is 5.93. The first-order valence-electron chi connectivity index (χ1n) is 3.98. The van der Waals surface area contributed by atoms with Crippen LogP contribution in [0.25, 0.3) is 10.3 Å². The molecule has 2 heterocycles. The largest absolute Gasteiger partial charge is 0.240 e. The lowest BCUT2D eigenvalue weighted by Crippen LogP contribution is -2.10. The number of thiazole rings is 1. The lowest BCUT2D eigenvalue weighted by atomic mass is 10.6. The molecule has 0 saturated heterocycles. The van der Waals surface area contributed by atoms with Crippen molar-refractivity contribution in [2.24, 2.45) is 0 Å². The molecule has 0 aliphatic heterocycles. The van der Waals surface area contributed by atoms with Gasteiger partial charge in [0.05, 0.1) is 11.3 Å². The lowest BCUT2D eigenvalue weighted by molar-refractivity contribution is 0.594. The van der Waals surface area contributed by atoms with Gasteiger partial charge in [0, 0.05) is 5.88 Å². The Morgan fingerprint density at radius 1 is 1.33 bits per heavy atom. The van der Waals surface area contributed by atoms with E-state index in [1.165, 1.54) is 17.7 Å². The maximum Gasteiger partial charge on any atom is 0.199 e. The Bertz CT molecular complexity index is 581. The first-order valence-corrected chi connectivity index (χ1v) is 7.05. The molecule has 2 aromatic heterocycles. The van der Waals surface area contributed by atoms with E-state index >= 15 is 0 Å². The zero-order chi connectivity index (χ0) is 10.9. The SMILES string of the molecule is O=S(=O)(CCCl)c1ncnc2scnc12. The maximum atomic E-state index is 11.7. The highest BCUT2D eigenvalue weighted by Gasteiger charge is 2.20. The van der Waals surface area contributed by atoms with Crippen molar-refractivity contribution < 1.29 is 8.42 Å². The molecule has 15 heavy (non-hydrogen) atoms. The van der Waals surface area contributed by atoms with Crippen LogP contribution in [0.3, 0.4) is 0 Å². The Morgan fingerprint density at radius 3 is 2.87 bits per heavy atom. The summed E-state index contributed by atoms with van der Waals surface area (Å²) in [5.41, 5.74) is 1.87. The fourth-order valence-electron chi connectivity index (χ4n) is 1.10. The Balaban J connectivity index is 2.66. The Morgan fingerprint density at radius 2 is 2.13 bits per heavy atom. The molecule has 0 radical (unpaired) electrons. The molecule has 0 spiro atoms. The minimum absolute atomic E-state index is 0.0330. The monoisotopic (exact) mass is 263 g/mol. The van der Waals surface area contributed by atoms with Gasteiger partial charge in [-0.2, -0.15) is 0 Å². The minimum Gasteiger partial charge on any atom is -0.240 e. The third kappa shape index (κ3) is 1.95. The quantitative estimate of drug-likeness (QED) is 0.612. The summed E-state index contributed by atoms with van der Waals surface area (Å²) >= 11 is 6.70. The number of hydrogen-bond acceptors (Lipinski definition) is 6. The van der Waals surface area contributed by atoms with Gasteiger partial charge in [0.2, 0.25) is 0 Å². The Labute approximate surface area is 95.1 Å². The summed E-state index contributed by atoms with van der Waals surface area (Å²) < 4.78 is 23.5. The summed E-state index contributed by atoms with van der Waals surface area (Å²) in [6.07, 6.45) is 1.22. The first-order chi connectivity index (χ1) is 7.15. The van der Waals surface area contributed by atoms with Gasteiger partial charge < -0.3 is 0 Å². The Kier molecular flexibility index (Phi) is 2.85. The van der Waals surface area contributed by atoms with E-state index in [0.29, 0.717) is 10.3 Å². The van der Waals surface area contributed by atoms with Crippen LogP contribution in [0.15, 0.2) is 16.9 Å². The van der Waals surface area contributed by atoms with Crippen LogP contribution in [-0.4, -0.2) is 35.0 Å². The molecule has 0 N–H and O–H groups in total. The van der Waals surface area contributed by atoms with Crippen molar-refractivity contribution in [3.8, 4) is 0 Å². The molecule has 0 aliphatic rings. The van der Waals surface area contributed by atoms with Crippen LogP contribution in [0.2, 0.25) is 0 Å². The van der Waals surface area contributed by atoms with Crippen molar-refractivity contribution in [1.82, 2.24) is 15.0 Å². The number of sulfone groups is 1. The van der Waals surface area contributed by atoms with Gasteiger partial charge in [-0.1, -0.05) is 0 Å². The maximum absolute atomic E-state index is 11.7.